The van der Waals surface area contributed by atoms with Gasteiger partial charge in [-0.2, -0.15) is 0 Å². The van der Waals surface area contributed by atoms with Crippen molar-refractivity contribution < 1.29 is 4.79 Å². The van der Waals surface area contributed by atoms with Crippen LogP contribution in [0.3, 0.4) is 0 Å². The van der Waals surface area contributed by atoms with Crippen molar-refractivity contribution >= 4 is 34.8 Å². The molecule has 20 heavy (non-hydrogen) atoms. The summed E-state index contributed by atoms with van der Waals surface area (Å²) in [7, 11) is 1.57. The molecule has 0 saturated carbocycles. The first-order valence-electron chi connectivity index (χ1n) is 5.65. The van der Waals surface area contributed by atoms with E-state index in [1.54, 1.807) is 25.2 Å². The fourth-order valence-corrected chi connectivity index (χ4v) is 1.97. The molecule has 2 N–H and O–H groups in total. The zero-order valence-corrected chi connectivity index (χ0v) is 12.0. The molecule has 2 rings (SSSR count). The van der Waals surface area contributed by atoms with Crippen molar-refractivity contribution in [2.24, 2.45) is 7.05 Å². The maximum absolute atomic E-state index is 11.9. The maximum Gasteiger partial charge on any atom is 0.271 e. The second-order valence-corrected chi connectivity index (χ2v) is 4.91. The van der Waals surface area contributed by atoms with Crippen LogP contribution in [0.25, 0.3) is 0 Å². The molecular weight excluding hydrogens is 301 g/mol. The lowest BCUT2D eigenvalue weighted by atomic mass is 10.3. The molecule has 0 radical (unpaired) electrons. The predicted octanol–water partition coefficient (Wildman–Crippen LogP) is 2.45. The van der Waals surface area contributed by atoms with E-state index in [9.17, 15) is 9.59 Å². The number of anilines is 1. The third-order valence-corrected chi connectivity index (χ3v) is 3.14. The van der Waals surface area contributed by atoms with Crippen LogP contribution in [0.5, 0.6) is 0 Å². The van der Waals surface area contributed by atoms with Crippen molar-refractivity contribution in [2.45, 2.75) is 0 Å². The monoisotopic (exact) mass is 311 g/mol. The summed E-state index contributed by atoms with van der Waals surface area (Å²) in [4.78, 5) is 23.1. The average Bonchev–Trinajstić information content (AvgIpc) is 2.40. The number of nitrogens with one attached hydrogen (secondary N) is 2. The molecule has 0 spiro atoms. The Morgan fingerprint density at radius 1 is 1.20 bits per heavy atom. The fraction of sp³-hybridized carbons (Fsp3) is 0.0769. The molecule has 0 saturated heterocycles. The average molecular weight is 312 g/mol. The molecule has 104 valence electrons. The Hall–Kier alpha value is -1.98. The minimum atomic E-state index is -0.383. The summed E-state index contributed by atoms with van der Waals surface area (Å²) in [5.74, 6) is -0.383. The number of carbonyl (C=O) groups is 1. The predicted molar refractivity (Wildman–Crippen MR) is 79.2 cm³/mol. The van der Waals surface area contributed by atoms with Gasteiger partial charge in [0.25, 0.3) is 5.91 Å². The van der Waals surface area contributed by atoms with E-state index < -0.39 is 0 Å². The zero-order valence-electron chi connectivity index (χ0n) is 10.5. The van der Waals surface area contributed by atoms with E-state index >= 15 is 0 Å². The van der Waals surface area contributed by atoms with Gasteiger partial charge in [0.2, 0.25) is 5.56 Å². The van der Waals surface area contributed by atoms with Gasteiger partial charge in [0.1, 0.15) is 0 Å². The minimum absolute atomic E-state index is 0.185. The van der Waals surface area contributed by atoms with Crippen LogP contribution in [0.2, 0.25) is 10.0 Å². The normalized spacial score (nSPS) is 10.2. The highest BCUT2D eigenvalue weighted by Crippen LogP contribution is 2.24. The van der Waals surface area contributed by atoms with Crippen molar-refractivity contribution in [3.05, 3.63) is 62.5 Å². The van der Waals surface area contributed by atoms with E-state index in [0.717, 1.165) is 0 Å². The molecular formula is C13H11Cl2N3O2. The van der Waals surface area contributed by atoms with Crippen molar-refractivity contribution in [2.75, 3.05) is 5.43 Å². The second-order valence-electron chi connectivity index (χ2n) is 4.07. The summed E-state index contributed by atoms with van der Waals surface area (Å²) in [5, 5.41) is 0.892. The quantitative estimate of drug-likeness (QED) is 0.856. The fourth-order valence-electron chi connectivity index (χ4n) is 1.52. The minimum Gasteiger partial charge on any atom is -0.318 e. The van der Waals surface area contributed by atoms with E-state index in [1.165, 1.54) is 22.9 Å². The maximum atomic E-state index is 11.9. The summed E-state index contributed by atoms with van der Waals surface area (Å²) in [5.41, 5.74) is 5.87. The second kappa shape index (κ2) is 5.98. The van der Waals surface area contributed by atoms with Crippen molar-refractivity contribution in [3.8, 4) is 0 Å². The van der Waals surface area contributed by atoms with Crippen LogP contribution in [0, 0.1) is 0 Å². The van der Waals surface area contributed by atoms with Gasteiger partial charge in [0.15, 0.2) is 0 Å². The number of amides is 1. The summed E-state index contributed by atoms with van der Waals surface area (Å²) in [6.45, 7) is 0. The lowest BCUT2D eigenvalue weighted by Gasteiger charge is -2.10. The van der Waals surface area contributed by atoms with Crippen LogP contribution in [0.4, 0.5) is 5.69 Å². The number of hydrazine groups is 1. The highest BCUT2D eigenvalue weighted by atomic mass is 35.5. The largest absolute Gasteiger partial charge is 0.318 e. The Morgan fingerprint density at radius 2 is 1.95 bits per heavy atom. The molecule has 0 aliphatic carbocycles. The number of halogens is 2. The number of benzene rings is 1. The Morgan fingerprint density at radius 3 is 2.60 bits per heavy atom. The van der Waals surface area contributed by atoms with Gasteiger partial charge in [-0.05, 0) is 24.3 Å². The number of nitrogens with zero attached hydrogens (tertiary/aromatic N) is 1. The summed E-state index contributed by atoms with van der Waals surface area (Å²) in [6, 6.07) is 7.62. The standard InChI is InChI=1S/C13H11Cl2N3O2/c1-18-7-8(2-5-12(18)19)13(20)17-16-11-4-3-9(14)6-10(11)15/h2-7,16H,1H3,(H,17,20). The van der Waals surface area contributed by atoms with Crippen LogP contribution in [0.1, 0.15) is 10.4 Å². The molecule has 1 aromatic carbocycles. The zero-order chi connectivity index (χ0) is 14.7. The highest BCUT2D eigenvalue weighted by molar-refractivity contribution is 6.36. The number of rotatable bonds is 3. The Labute approximate surface area is 125 Å². The van der Waals surface area contributed by atoms with Gasteiger partial charge in [0, 0.05) is 24.3 Å². The van der Waals surface area contributed by atoms with E-state index in [-0.39, 0.29) is 11.5 Å². The Kier molecular flexibility index (Phi) is 4.32. The van der Waals surface area contributed by atoms with Crippen LogP contribution in [0.15, 0.2) is 41.3 Å². The number of aryl methyl sites for hydroxylation is 1. The lowest BCUT2D eigenvalue weighted by molar-refractivity contribution is 0.0962. The SMILES string of the molecule is Cn1cc(C(=O)NNc2ccc(Cl)cc2Cl)ccc1=O. The van der Waals surface area contributed by atoms with Gasteiger partial charge in [-0.3, -0.25) is 20.4 Å². The molecule has 0 aliphatic rings. The molecule has 7 heteroatoms. The molecule has 0 unspecified atom stereocenters. The van der Waals surface area contributed by atoms with E-state index in [4.69, 9.17) is 23.2 Å². The molecule has 0 atom stereocenters. The molecule has 1 heterocycles. The molecule has 0 aliphatic heterocycles. The molecule has 1 amide bonds. The topological polar surface area (TPSA) is 63.1 Å². The van der Waals surface area contributed by atoms with Crippen molar-refractivity contribution in [3.63, 3.8) is 0 Å². The van der Waals surface area contributed by atoms with Crippen LogP contribution < -0.4 is 16.4 Å². The Bertz CT molecular complexity index is 713. The van der Waals surface area contributed by atoms with Gasteiger partial charge in [-0.25, -0.2) is 0 Å². The first-order valence-corrected chi connectivity index (χ1v) is 6.41. The molecule has 2 aromatic rings. The number of hydrogen-bond donors (Lipinski definition) is 2. The van der Waals surface area contributed by atoms with Crippen LogP contribution in [-0.4, -0.2) is 10.5 Å². The van der Waals surface area contributed by atoms with Gasteiger partial charge < -0.3 is 4.57 Å². The van der Waals surface area contributed by atoms with Gasteiger partial charge in [0.05, 0.1) is 16.3 Å². The number of hydrogen-bond acceptors (Lipinski definition) is 3. The van der Waals surface area contributed by atoms with Gasteiger partial charge >= 0.3 is 0 Å². The van der Waals surface area contributed by atoms with E-state index in [0.29, 0.717) is 21.3 Å². The van der Waals surface area contributed by atoms with E-state index in [1.807, 2.05) is 0 Å². The van der Waals surface area contributed by atoms with E-state index in [2.05, 4.69) is 10.9 Å². The molecule has 1 aromatic heterocycles. The molecule has 5 nitrogen and oxygen atoms in total. The summed E-state index contributed by atoms with van der Waals surface area (Å²) < 4.78 is 1.32. The first kappa shape index (κ1) is 14.4. The van der Waals surface area contributed by atoms with Crippen LogP contribution in [-0.2, 0) is 7.05 Å². The molecule has 0 bridgehead atoms. The lowest BCUT2D eigenvalue weighted by Crippen LogP contribution is -2.30. The number of pyridine rings is 1. The van der Waals surface area contributed by atoms with Crippen molar-refractivity contribution in [1.82, 2.24) is 9.99 Å². The van der Waals surface area contributed by atoms with Crippen LogP contribution >= 0.6 is 23.2 Å². The Balaban J connectivity index is 2.08. The third-order valence-electron chi connectivity index (χ3n) is 2.59. The van der Waals surface area contributed by atoms with Crippen molar-refractivity contribution in [1.29, 1.82) is 0 Å². The third kappa shape index (κ3) is 3.31. The highest BCUT2D eigenvalue weighted by Gasteiger charge is 2.07. The van der Waals surface area contributed by atoms with Gasteiger partial charge in [-0.1, -0.05) is 23.2 Å². The summed E-state index contributed by atoms with van der Waals surface area (Å²) >= 11 is 11.7. The first-order chi connectivity index (χ1) is 9.47. The number of aromatic nitrogens is 1. The van der Waals surface area contributed by atoms with Gasteiger partial charge in [-0.15, -0.1) is 0 Å². The summed E-state index contributed by atoms with van der Waals surface area (Å²) in [6.07, 6.45) is 1.45. The molecule has 0 fully saturated rings. The number of carbonyl (C=O) groups excluding carboxylic acids is 1. The smallest absolute Gasteiger partial charge is 0.271 e.